The molecule has 1 aliphatic rings. The van der Waals surface area contributed by atoms with Crippen molar-refractivity contribution < 1.29 is 9.53 Å². The van der Waals surface area contributed by atoms with Gasteiger partial charge >= 0.3 is 0 Å². The first-order chi connectivity index (χ1) is 14.7. The van der Waals surface area contributed by atoms with Crippen LogP contribution in [-0.4, -0.2) is 35.7 Å². The van der Waals surface area contributed by atoms with Crippen molar-refractivity contribution in [2.45, 2.75) is 32.4 Å². The van der Waals surface area contributed by atoms with Gasteiger partial charge in [0.05, 0.1) is 18.1 Å². The van der Waals surface area contributed by atoms with Crippen molar-refractivity contribution in [3.63, 3.8) is 0 Å². The summed E-state index contributed by atoms with van der Waals surface area (Å²) in [6.07, 6.45) is 2.37. The van der Waals surface area contributed by atoms with Crippen LogP contribution in [0.2, 0.25) is 0 Å². The summed E-state index contributed by atoms with van der Waals surface area (Å²) >= 11 is 0. The van der Waals surface area contributed by atoms with E-state index in [2.05, 4.69) is 15.2 Å². The van der Waals surface area contributed by atoms with E-state index in [0.717, 1.165) is 48.3 Å². The average Bonchev–Trinajstić information content (AvgIpc) is 3.31. The van der Waals surface area contributed by atoms with Crippen LogP contribution in [-0.2, 0) is 17.9 Å². The highest BCUT2D eigenvalue weighted by atomic mass is 16.5. The topological polar surface area (TPSA) is 76.5 Å². The van der Waals surface area contributed by atoms with E-state index in [1.165, 1.54) is 0 Å². The van der Waals surface area contributed by atoms with Crippen molar-refractivity contribution in [1.82, 2.24) is 14.9 Å². The van der Waals surface area contributed by atoms with Gasteiger partial charge in [-0.1, -0.05) is 24.3 Å². The Balaban J connectivity index is 1.47. The number of hydrogen-bond acceptors (Lipinski definition) is 5. The molecule has 4 rings (SSSR count). The third kappa shape index (κ3) is 4.30. The van der Waals surface area contributed by atoms with Gasteiger partial charge in [-0.15, -0.1) is 0 Å². The molecule has 1 fully saturated rings. The lowest BCUT2D eigenvalue weighted by Crippen LogP contribution is -2.33. The maximum Gasteiger partial charge on any atom is 0.294 e. The highest BCUT2D eigenvalue weighted by Gasteiger charge is 2.20. The molecule has 7 heteroatoms. The van der Waals surface area contributed by atoms with Gasteiger partial charge in [0.15, 0.2) is 5.82 Å². The molecule has 0 spiro atoms. The monoisotopic (exact) mass is 406 g/mol. The summed E-state index contributed by atoms with van der Waals surface area (Å²) in [7, 11) is 1.62. The van der Waals surface area contributed by atoms with Crippen LogP contribution < -0.4 is 20.5 Å². The number of carbonyl (C=O) groups is 1. The van der Waals surface area contributed by atoms with Crippen LogP contribution in [0.3, 0.4) is 0 Å². The van der Waals surface area contributed by atoms with E-state index in [1.54, 1.807) is 11.7 Å². The number of anilines is 1. The number of amides is 1. The first-order valence-electron chi connectivity index (χ1n) is 10.3. The number of carbonyl (C=O) groups excluding carboxylic acids is 1. The minimum Gasteiger partial charge on any atom is -0.497 e. The predicted octanol–water partition coefficient (Wildman–Crippen LogP) is 2.71. The van der Waals surface area contributed by atoms with Crippen molar-refractivity contribution in [2.24, 2.45) is 0 Å². The molecule has 30 heavy (non-hydrogen) atoms. The molecule has 1 saturated heterocycles. The Kier molecular flexibility index (Phi) is 5.97. The van der Waals surface area contributed by atoms with E-state index >= 15 is 0 Å². The number of rotatable bonds is 7. The lowest BCUT2D eigenvalue weighted by Gasteiger charge is -2.19. The number of benzene rings is 2. The molecule has 1 aliphatic heterocycles. The van der Waals surface area contributed by atoms with Crippen molar-refractivity contribution >= 4 is 22.8 Å². The third-order valence-corrected chi connectivity index (χ3v) is 5.45. The number of hydrogen-bond donors (Lipinski definition) is 1. The zero-order valence-corrected chi connectivity index (χ0v) is 17.1. The Hall–Kier alpha value is -3.35. The zero-order chi connectivity index (χ0) is 20.9. The van der Waals surface area contributed by atoms with Crippen LogP contribution in [0, 0.1) is 0 Å². The number of methoxy groups -OCH3 is 1. The Morgan fingerprint density at radius 2 is 1.83 bits per heavy atom. The van der Waals surface area contributed by atoms with Gasteiger partial charge in [-0.05, 0) is 42.7 Å². The van der Waals surface area contributed by atoms with Crippen molar-refractivity contribution in [2.75, 3.05) is 25.1 Å². The third-order valence-electron chi connectivity index (χ3n) is 5.45. The number of aryl methyl sites for hydroxylation is 1. The van der Waals surface area contributed by atoms with Crippen LogP contribution in [0.5, 0.6) is 5.75 Å². The second-order valence-corrected chi connectivity index (χ2v) is 7.45. The molecule has 1 N–H and O–H groups in total. The second kappa shape index (κ2) is 8.98. The highest BCUT2D eigenvalue weighted by molar-refractivity contribution is 5.78. The normalized spacial score (nSPS) is 13.6. The lowest BCUT2D eigenvalue weighted by atomic mass is 10.2. The molecule has 1 aromatic heterocycles. The van der Waals surface area contributed by atoms with Crippen LogP contribution >= 0.6 is 0 Å². The molecule has 2 heterocycles. The molecule has 0 bridgehead atoms. The molecule has 0 radical (unpaired) electrons. The van der Waals surface area contributed by atoms with E-state index in [-0.39, 0.29) is 17.9 Å². The van der Waals surface area contributed by atoms with Gasteiger partial charge in [-0.3, -0.25) is 9.59 Å². The van der Waals surface area contributed by atoms with E-state index in [1.807, 2.05) is 48.5 Å². The summed E-state index contributed by atoms with van der Waals surface area (Å²) in [6, 6.07) is 15.2. The van der Waals surface area contributed by atoms with Crippen LogP contribution in [0.4, 0.5) is 5.82 Å². The van der Waals surface area contributed by atoms with Gasteiger partial charge in [0.25, 0.3) is 5.56 Å². The predicted molar refractivity (Wildman–Crippen MR) is 117 cm³/mol. The summed E-state index contributed by atoms with van der Waals surface area (Å²) in [6.45, 7) is 2.46. The zero-order valence-electron chi connectivity index (χ0n) is 17.1. The second-order valence-electron chi connectivity index (χ2n) is 7.45. The minimum atomic E-state index is -0.126. The van der Waals surface area contributed by atoms with Gasteiger partial charge in [0.2, 0.25) is 5.91 Å². The van der Waals surface area contributed by atoms with Gasteiger partial charge in [-0.25, -0.2) is 4.98 Å². The van der Waals surface area contributed by atoms with Gasteiger partial charge < -0.3 is 19.5 Å². The fourth-order valence-corrected chi connectivity index (χ4v) is 3.78. The van der Waals surface area contributed by atoms with E-state index in [9.17, 15) is 9.59 Å². The summed E-state index contributed by atoms with van der Waals surface area (Å²) in [5.41, 5.74) is 2.40. The number of aromatic nitrogens is 2. The van der Waals surface area contributed by atoms with Crippen molar-refractivity contribution in [3.05, 3.63) is 64.4 Å². The quantitative estimate of drug-likeness (QED) is 0.653. The molecule has 2 aromatic carbocycles. The van der Waals surface area contributed by atoms with Crippen LogP contribution in [0.25, 0.3) is 11.0 Å². The summed E-state index contributed by atoms with van der Waals surface area (Å²) in [5.74, 6) is 1.17. The lowest BCUT2D eigenvalue weighted by molar-refractivity contribution is -0.121. The SMILES string of the molecule is COc1ccc(CNC(=O)CCn2c(=O)c(N3CCCC3)nc3ccccc32)cc1. The summed E-state index contributed by atoms with van der Waals surface area (Å²) in [4.78, 5) is 32.2. The van der Waals surface area contributed by atoms with Gasteiger partial charge in [0, 0.05) is 32.6 Å². The maximum atomic E-state index is 13.1. The Labute approximate surface area is 175 Å². The molecule has 0 saturated carbocycles. The summed E-state index contributed by atoms with van der Waals surface area (Å²) < 4.78 is 6.83. The molecule has 3 aromatic rings. The molecular formula is C23H26N4O3. The average molecular weight is 406 g/mol. The Morgan fingerprint density at radius 3 is 2.57 bits per heavy atom. The molecule has 0 atom stereocenters. The molecule has 156 valence electrons. The maximum absolute atomic E-state index is 13.1. The van der Waals surface area contributed by atoms with Crippen molar-refractivity contribution in [3.8, 4) is 5.75 Å². The minimum absolute atomic E-state index is 0.0960. The summed E-state index contributed by atoms with van der Waals surface area (Å²) in [5, 5.41) is 2.92. The van der Waals surface area contributed by atoms with E-state index < -0.39 is 0 Å². The number of ether oxygens (including phenoxy) is 1. The first-order valence-corrected chi connectivity index (χ1v) is 10.3. The fraction of sp³-hybridized carbons (Fsp3) is 0.348. The number of nitrogens with one attached hydrogen (secondary N) is 1. The number of nitrogens with zero attached hydrogens (tertiary/aromatic N) is 3. The standard InChI is InChI=1S/C23H26N4O3/c1-30-18-10-8-17(9-11-18)16-24-21(28)12-15-27-20-7-3-2-6-19(20)25-22(23(27)29)26-13-4-5-14-26/h2-3,6-11H,4-5,12-16H2,1H3,(H,24,28). The molecule has 7 nitrogen and oxygen atoms in total. The van der Waals surface area contributed by atoms with Crippen LogP contribution in [0.15, 0.2) is 53.3 Å². The van der Waals surface area contributed by atoms with E-state index in [0.29, 0.717) is 18.9 Å². The fourth-order valence-electron chi connectivity index (χ4n) is 3.78. The first kappa shape index (κ1) is 19.9. The smallest absolute Gasteiger partial charge is 0.294 e. The largest absolute Gasteiger partial charge is 0.497 e. The van der Waals surface area contributed by atoms with Crippen LogP contribution in [0.1, 0.15) is 24.8 Å². The molecule has 0 aliphatic carbocycles. The van der Waals surface area contributed by atoms with Gasteiger partial charge in [0.1, 0.15) is 5.75 Å². The molecule has 0 unspecified atom stereocenters. The number of para-hydroxylation sites is 2. The van der Waals surface area contributed by atoms with E-state index in [4.69, 9.17) is 4.74 Å². The Bertz CT molecular complexity index is 1090. The highest BCUT2D eigenvalue weighted by Crippen LogP contribution is 2.18. The Morgan fingerprint density at radius 1 is 1.10 bits per heavy atom. The number of fused-ring (bicyclic) bond motifs is 1. The van der Waals surface area contributed by atoms with Crippen molar-refractivity contribution in [1.29, 1.82) is 0 Å². The van der Waals surface area contributed by atoms with Gasteiger partial charge in [-0.2, -0.15) is 0 Å². The molecular weight excluding hydrogens is 380 g/mol. The molecule has 1 amide bonds.